The predicted molar refractivity (Wildman–Crippen MR) is 216 cm³/mol. The normalized spacial score (nSPS) is 18.7. The van der Waals surface area contributed by atoms with Crippen molar-refractivity contribution in [1.29, 1.82) is 0 Å². The first-order valence-corrected chi connectivity index (χ1v) is 20.1. The van der Waals surface area contributed by atoms with Crippen molar-refractivity contribution in [2.75, 3.05) is 26.1 Å². The minimum atomic E-state index is -5.02. The standard InChI is InChI=1S/C43H38FN6O9P/c1-54-32-22-18-30(19-23-32)43(29-14-8-4-9-15-29,31-20-24-33(55-2)25-21-31)56-26-35-38(59-60(52,53)58-34-16-10-5-11-17-34)36(44)42(57-35)50-40-37(48-49-50)39(45-27-46-40)47-41(51)28-12-6-3-7-13-28/h3-25,27,35-36,38,42H,26H2,1-2H3,(H,52,53)(H,45,46,47,51). The molecule has 306 valence electrons. The molecular weight excluding hydrogens is 794 g/mol. The Morgan fingerprint density at radius 2 is 1.37 bits per heavy atom. The Hall–Kier alpha value is -6.55. The van der Waals surface area contributed by atoms with Crippen LogP contribution in [0, 0.1) is 0 Å². The molecule has 0 spiro atoms. The van der Waals surface area contributed by atoms with Gasteiger partial charge < -0.3 is 28.8 Å². The van der Waals surface area contributed by atoms with Gasteiger partial charge in [-0.15, -0.1) is 5.10 Å². The number of methoxy groups -OCH3 is 2. The first-order chi connectivity index (χ1) is 29.2. The van der Waals surface area contributed by atoms with Gasteiger partial charge in [-0.3, -0.25) is 14.2 Å². The molecule has 60 heavy (non-hydrogen) atoms. The van der Waals surface area contributed by atoms with E-state index in [1.165, 1.54) is 12.1 Å². The second kappa shape index (κ2) is 17.4. The van der Waals surface area contributed by atoms with Crippen LogP contribution >= 0.6 is 7.82 Å². The second-order valence-corrected chi connectivity index (χ2v) is 14.8. The van der Waals surface area contributed by atoms with E-state index in [4.69, 9.17) is 28.0 Å². The van der Waals surface area contributed by atoms with Gasteiger partial charge in [0, 0.05) is 5.56 Å². The Balaban J connectivity index is 1.18. The molecule has 5 unspecified atom stereocenters. The maximum atomic E-state index is 17.1. The number of para-hydroxylation sites is 1. The van der Waals surface area contributed by atoms with Crippen LogP contribution in [-0.2, 0) is 24.2 Å². The number of anilines is 1. The van der Waals surface area contributed by atoms with Gasteiger partial charge in [0.25, 0.3) is 5.91 Å². The molecule has 1 fully saturated rings. The molecule has 5 aromatic carbocycles. The number of amides is 1. The van der Waals surface area contributed by atoms with Crippen LogP contribution in [0.4, 0.5) is 10.2 Å². The smallest absolute Gasteiger partial charge is 0.497 e. The maximum absolute atomic E-state index is 17.1. The molecule has 5 atom stereocenters. The minimum absolute atomic E-state index is 0.00384. The number of rotatable bonds is 15. The molecule has 0 radical (unpaired) electrons. The number of fused-ring (bicyclic) bond motifs is 1. The van der Waals surface area contributed by atoms with Crippen LogP contribution < -0.4 is 19.3 Å². The third-order valence-corrected chi connectivity index (χ3v) is 10.8. The van der Waals surface area contributed by atoms with Gasteiger partial charge in [0.1, 0.15) is 41.4 Å². The first-order valence-electron chi connectivity index (χ1n) is 18.7. The summed E-state index contributed by atoms with van der Waals surface area (Å²) in [5.74, 6) is 0.783. The Kier molecular flexibility index (Phi) is 11.6. The van der Waals surface area contributed by atoms with Crippen LogP contribution in [0.5, 0.6) is 17.2 Å². The van der Waals surface area contributed by atoms with E-state index in [0.717, 1.165) is 11.0 Å². The van der Waals surface area contributed by atoms with Crippen LogP contribution in [0.3, 0.4) is 0 Å². The molecule has 0 bridgehead atoms. The van der Waals surface area contributed by atoms with Gasteiger partial charge in [-0.2, -0.15) is 4.68 Å². The summed E-state index contributed by atoms with van der Waals surface area (Å²) in [6.45, 7) is -0.403. The van der Waals surface area contributed by atoms with Crippen molar-refractivity contribution in [2.24, 2.45) is 0 Å². The lowest BCUT2D eigenvalue weighted by Crippen LogP contribution is -2.40. The third-order valence-electron chi connectivity index (χ3n) is 9.89. The molecular formula is C43H38FN6O9P. The highest BCUT2D eigenvalue weighted by atomic mass is 31.2. The summed E-state index contributed by atoms with van der Waals surface area (Å²) in [7, 11) is -1.89. The van der Waals surface area contributed by atoms with Crippen LogP contribution in [0.15, 0.2) is 146 Å². The summed E-state index contributed by atoms with van der Waals surface area (Å²) in [5.41, 5.74) is 1.08. The number of benzene rings is 5. The summed E-state index contributed by atoms with van der Waals surface area (Å²) in [4.78, 5) is 32.5. The number of hydrogen-bond acceptors (Lipinski definition) is 12. The zero-order valence-corrected chi connectivity index (χ0v) is 33.0. The number of alkyl halides is 1. The Morgan fingerprint density at radius 1 is 0.800 bits per heavy atom. The van der Waals surface area contributed by atoms with E-state index in [-0.39, 0.29) is 22.7 Å². The number of phosphoric acid groups is 1. The van der Waals surface area contributed by atoms with E-state index in [0.29, 0.717) is 33.8 Å². The van der Waals surface area contributed by atoms with Crippen molar-refractivity contribution in [1.82, 2.24) is 25.0 Å². The topological polar surface area (TPSA) is 178 Å². The number of phosphoric ester groups is 1. The van der Waals surface area contributed by atoms with Gasteiger partial charge in [-0.1, -0.05) is 96.2 Å². The van der Waals surface area contributed by atoms with E-state index in [1.807, 2.05) is 54.6 Å². The zero-order chi connectivity index (χ0) is 41.7. The van der Waals surface area contributed by atoms with Gasteiger partial charge in [0.05, 0.1) is 20.8 Å². The Labute approximate surface area is 343 Å². The van der Waals surface area contributed by atoms with Crippen molar-refractivity contribution < 1.29 is 46.6 Å². The molecule has 8 rings (SSSR count). The molecule has 3 heterocycles. The number of hydrogen-bond donors (Lipinski definition) is 2. The van der Waals surface area contributed by atoms with E-state index in [2.05, 4.69) is 25.6 Å². The lowest BCUT2D eigenvalue weighted by Gasteiger charge is -2.37. The van der Waals surface area contributed by atoms with Crippen molar-refractivity contribution in [3.8, 4) is 17.2 Å². The van der Waals surface area contributed by atoms with Gasteiger partial charge >= 0.3 is 7.82 Å². The fraction of sp³-hybridized carbons (Fsp3) is 0.186. The molecule has 1 amide bonds. The highest BCUT2D eigenvalue weighted by Gasteiger charge is 2.53. The largest absolute Gasteiger partial charge is 0.527 e. The highest BCUT2D eigenvalue weighted by Crippen LogP contribution is 2.50. The summed E-state index contributed by atoms with van der Waals surface area (Å²) in [5, 5.41) is 11.0. The molecule has 1 saturated heterocycles. The second-order valence-electron chi connectivity index (χ2n) is 13.5. The molecule has 17 heteroatoms. The molecule has 7 aromatic rings. The van der Waals surface area contributed by atoms with E-state index in [1.54, 1.807) is 87.0 Å². The van der Waals surface area contributed by atoms with Gasteiger partial charge in [0.2, 0.25) is 0 Å². The Bertz CT molecular complexity index is 2540. The predicted octanol–water partition coefficient (Wildman–Crippen LogP) is 7.30. The summed E-state index contributed by atoms with van der Waals surface area (Å²) in [6, 6.07) is 40.3. The Morgan fingerprint density at radius 3 is 1.97 bits per heavy atom. The lowest BCUT2D eigenvalue weighted by molar-refractivity contribution is -0.0950. The zero-order valence-electron chi connectivity index (χ0n) is 32.1. The van der Waals surface area contributed by atoms with E-state index < -0.39 is 50.5 Å². The number of carbonyl (C=O) groups excluding carboxylic acids is 1. The minimum Gasteiger partial charge on any atom is -0.497 e. The van der Waals surface area contributed by atoms with Crippen LogP contribution in [0.2, 0.25) is 0 Å². The number of carbonyl (C=O) groups is 1. The fourth-order valence-corrected chi connectivity index (χ4v) is 8.01. The number of nitrogens with one attached hydrogen (secondary N) is 1. The summed E-state index contributed by atoms with van der Waals surface area (Å²) >= 11 is 0. The number of halogens is 1. The summed E-state index contributed by atoms with van der Waals surface area (Å²) < 4.78 is 67.1. The molecule has 1 aliphatic rings. The molecule has 15 nitrogen and oxygen atoms in total. The van der Waals surface area contributed by atoms with Gasteiger partial charge in [0.15, 0.2) is 29.4 Å². The molecule has 2 aromatic heterocycles. The van der Waals surface area contributed by atoms with Gasteiger partial charge in [-0.25, -0.2) is 18.9 Å². The number of nitrogens with zero attached hydrogens (tertiary/aromatic N) is 5. The SMILES string of the molecule is COc1ccc(C(OCC2OC(n3nnc4c(NC(=O)c5ccccc5)ncnc43)C(F)C2OP(=O)(O)Oc2ccccc2)(c2ccccc2)c2ccc(OC)cc2)cc1. The lowest BCUT2D eigenvalue weighted by atomic mass is 9.80. The molecule has 2 N–H and O–H groups in total. The van der Waals surface area contributed by atoms with E-state index in [9.17, 15) is 14.3 Å². The van der Waals surface area contributed by atoms with Crippen LogP contribution in [0.25, 0.3) is 11.2 Å². The van der Waals surface area contributed by atoms with Crippen molar-refractivity contribution in [3.63, 3.8) is 0 Å². The highest BCUT2D eigenvalue weighted by molar-refractivity contribution is 7.47. The summed E-state index contributed by atoms with van der Waals surface area (Å²) in [6.07, 6.45) is -5.77. The molecule has 1 aliphatic heterocycles. The third kappa shape index (κ3) is 8.19. The average molecular weight is 833 g/mol. The van der Waals surface area contributed by atoms with Crippen molar-refractivity contribution in [3.05, 3.63) is 168 Å². The average Bonchev–Trinajstić information content (AvgIpc) is 3.85. The molecule has 0 aliphatic carbocycles. The first kappa shape index (κ1) is 40.2. The van der Waals surface area contributed by atoms with E-state index >= 15 is 4.39 Å². The molecule has 0 saturated carbocycles. The van der Waals surface area contributed by atoms with Crippen molar-refractivity contribution >= 4 is 30.7 Å². The quantitative estimate of drug-likeness (QED) is 0.0778. The number of aromatic nitrogens is 5. The fourth-order valence-electron chi connectivity index (χ4n) is 7.02. The number of ether oxygens (including phenoxy) is 4. The van der Waals surface area contributed by atoms with Crippen LogP contribution in [-0.4, -0.2) is 75.0 Å². The maximum Gasteiger partial charge on any atom is 0.527 e. The van der Waals surface area contributed by atoms with Crippen molar-refractivity contribution in [2.45, 2.75) is 30.2 Å². The van der Waals surface area contributed by atoms with Gasteiger partial charge in [-0.05, 0) is 65.2 Å². The van der Waals surface area contributed by atoms with Crippen LogP contribution in [0.1, 0.15) is 33.3 Å². The monoisotopic (exact) mass is 832 g/mol.